The Morgan fingerprint density at radius 1 is 0.848 bits per heavy atom. The molecule has 3 unspecified atom stereocenters. The van der Waals surface area contributed by atoms with Gasteiger partial charge < -0.3 is 15.4 Å². The Labute approximate surface area is 196 Å². The van der Waals surface area contributed by atoms with Gasteiger partial charge in [-0.3, -0.25) is 9.59 Å². The van der Waals surface area contributed by atoms with Crippen molar-refractivity contribution in [3.05, 3.63) is 95.6 Å². The average molecular weight is 445 g/mol. The summed E-state index contributed by atoms with van der Waals surface area (Å²) in [5.41, 5.74) is 3.28. The number of anilines is 1. The second-order valence-corrected chi connectivity index (χ2v) is 8.28. The Hall–Kier alpha value is -3.60. The number of carbonyl (C=O) groups is 2. The number of carbonyl (C=O) groups excluding carboxylic acids is 2. The summed E-state index contributed by atoms with van der Waals surface area (Å²) < 4.78 is 5.97. The van der Waals surface area contributed by atoms with Gasteiger partial charge >= 0.3 is 0 Å². The van der Waals surface area contributed by atoms with Gasteiger partial charge in [0, 0.05) is 11.3 Å². The van der Waals surface area contributed by atoms with Crippen molar-refractivity contribution >= 4 is 17.5 Å². The lowest BCUT2D eigenvalue weighted by molar-refractivity contribution is -0.122. The number of rotatable bonds is 9. The molecule has 0 heterocycles. The summed E-state index contributed by atoms with van der Waals surface area (Å²) in [5, 5.41) is 5.85. The fraction of sp³-hybridized carbons (Fsp3) is 0.286. The third kappa shape index (κ3) is 6.45. The van der Waals surface area contributed by atoms with E-state index >= 15 is 0 Å². The third-order valence-electron chi connectivity index (χ3n) is 5.80. The minimum atomic E-state index is -0.662. The Kier molecular flexibility index (Phi) is 8.25. The van der Waals surface area contributed by atoms with Crippen LogP contribution in [0.5, 0.6) is 5.75 Å². The van der Waals surface area contributed by atoms with Crippen molar-refractivity contribution in [1.29, 1.82) is 0 Å². The van der Waals surface area contributed by atoms with Crippen LogP contribution in [0.15, 0.2) is 78.9 Å². The van der Waals surface area contributed by atoms with Crippen LogP contribution >= 0.6 is 0 Å². The van der Waals surface area contributed by atoms with Crippen molar-refractivity contribution in [2.75, 3.05) is 5.32 Å². The molecular formula is C28H32N2O3. The first-order chi connectivity index (χ1) is 15.9. The van der Waals surface area contributed by atoms with Crippen molar-refractivity contribution in [2.45, 2.75) is 52.2 Å². The van der Waals surface area contributed by atoms with Crippen LogP contribution in [0.1, 0.15) is 67.6 Å². The molecule has 0 aliphatic carbocycles. The molecule has 2 amide bonds. The van der Waals surface area contributed by atoms with E-state index in [9.17, 15) is 9.59 Å². The second-order valence-electron chi connectivity index (χ2n) is 8.28. The second kappa shape index (κ2) is 11.3. The SMILES string of the molecule is CCC(C)c1ccccc1OC(C)C(=O)Nc1ccc(C(=O)NC(C)c2ccccc2)cc1. The zero-order valence-corrected chi connectivity index (χ0v) is 19.7. The van der Waals surface area contributed by atoms with Crippen LogP contribution in [0.2, 0.25) is 0 Å². The maximum Gasteiger partial charge on any atom is 0.265 e. The molecule has 0 fully saturated rings. The van der Waals surface area contributed by atoms with Crippen LogP contribution in [-0.2, 0) is 4.79 Å². The van der Waals surface area contributed by atoms with E-state index in [1.807, 2.05) is 61.5 Å². The van der Waals surface area contributed by atoms with E-state index in [1.165, 1.54) is 0 Å². The fourth-order valence-corrected chi connectivity index (χ4v) is 3.51. The van der Waals surface area contributed by atoms with Crippen LogP contribution in [0.3, 0.4) is 0 Å². The maximum absolute atomic E-state index is 12.7. The summed E-state index contributed by atoms with van der Waals surface area (Å²) in [4.78, 5) is 25.2. The maximum atomic E-state index is 12.7. The predicted molar refractivity (Wildman–Crippen MR) is 133 cm³/mol. The Balaban J connectivity index is 1.58. The third-order valence-corrected chi connectivity index (χ3v) is 5.80. The quantitative estimate of drug-likeness (QED) is 0.419. The highest BCUT2D eigenvalue weighted by molar-refractivity contribution is 5.97. The molecule has 0 radical (unpaired) electrons. The van der Waals surface area contributed by atoms with Gasteiger partial charge in [-0.05, 0) is 67.6 Å². The molecule has 3 aromatic carbocycles. The molecule has 3 rings (SSSR count). The summed E-state index contributed by atoms with van der Waals surface area (Å²) in [7, 11) is 0. The minimum absolute atomic E-state index is 0.102. The van der Waals surface area contributed by atoms with Crippen molar-refractivity contribution in [1.82, 2.24) is 5.32 Å². The smallest absolute Gasteiger partial charge is 0.265 e. The molecule has 0 aromatic heterocycles. The van der Waals surface area contributed by atoms with Crippen LogP contribution in [0.4, 0.5) is 5.69 Å². The first-order valence-corrected chi connectivity index (χ1v) is 11.4. The Morgan fingerprint density at radius 2 is 1.48 bits per heavy atom. The standard InChI is InChI=1S/C28H32N2O3/c1-5-19(2)25-13-9-10-14-26(25)33-21(4)27(31)30-24-17-15-23(16-18-24)28(32)29-20(3)22-11-7-6-8-12-22/h6-21H,5H2,1-4H3,(H,29,32)(H,30,31). The highest BCUT2D eigenvalue weighted by Gasteiger charge is 2.18. The van der Waals surface area contributed by atoms with Gasteiger partial charge in [-0.2, -0.15) is 0 Å². The Morgan fingerprint density at radius 3 is 2.15 bits per heavy atom. The summed E-state index contributed by atoms with van der Waals surface area (Å²) in [6, 6.07) is 24.4. The van der Waals surface area contributed by atoms with Crippen molar-refractivity contribution in [2.24, 2.45) is 0 Å². The minimum Gasteiger partial charge on any atom is -0.481 e. The van der Waals surface area contributed by atoms with Crippen LogP contribution in [0, 0.1) is 0 Å². The van der Waals surface area contributed by atoms with E-state index in [4.69, 9.17) is 4.74 Å². The summed E-state index contributed by atoms with van der Waals surface area (Å²) in [6.07, 6.45) is 0.329. The van der Waals surface area contributed by atoms with E-state index in [0.29, 0.717) is 17.2 Å². The molecule has 0 aliphatic rings. The first-order valence-electron chi connectivity index (χ1n) is 11.4. The van der Waals surface area contributed by atoms with Gasteiger partial charge in [-0.1, -0.05) is 62.4 Å². The normalized spacial score (nSPS) is 13.5. The summed E-state index contributed by atoms with van der Waals surface area (Å²) in [5.74, 6) is 0.667. The summed E-state index contributed by atoms with van der Waals surface area (Å²) >= 11 is 0. The molecule has 3 atom stereocenters. The average Bonchev–Trinajstić information content (AvgIpc) is 2.84. The van der Waals surface area contributed by atoms with Gasteiger partial charge in [0.15, 0.2) is 6.10 Å². The lowest BCUT2D eigenvalue weighted by Gasteiger charge is -2.19. The van der Waals surface area contributed by atoms with Gasteiger partial charge in [0.2, 0.25) is 0 Å². The number of hydrogen-bond donors (Lipinski definition) is 2. The first kappa shape index (κ1) is 24.1. The van der Waals surface area contributed by atoms with Gasteiger partial charge in [0.05, 0.1) is 6.04 Å². The largest absolute Gasteiger partial charge is 0.481 e. The van der Waals surface area contributed by atoms with E-state index in [1.54, 1.807) is 31.2 Å². The molecule has 172 valence electrons. The van der Waals surface area contributed by atoms with Crippen LogP contribution < -0.4 is 15.4 Å². The van der Waals surface area contributed by atoms with Crippen LogP contribution in [-0.4, -0.2) is 17.9 Å². The number of para-hydroxylation sites is 1. The molecule has 0 saturated heterocycles. The van der Waals surface area contributed by atoms with Crippen molar-refractivity contribution in [3.8, 4) is 5.75 Å². The molecule has 0 saturated carbocycles. The number of hydrogen-bond acceptors (Lipinski definition) is 3. The van der Waals surface area contributed by atoms with E-state index in [0.717, 1.165) is 23.3 Å². The van der Waals surface area contributed by atoms with E-state index < -0.39 is 6.10 Å². The highest BCUT2D eigenvalue weighted by atomic mass is 16.5. The molecule has 0 spiro atoms. The van der Waals surface area contributed by atoms with Gasteiger partial charge in [-0.25, -0.2) is 0 Å². The van der Waals surface area contributed by atoms with Gasteiger partial charge in [-0.15, -0.1) is 0 Å². The predicted octanol–water partition coefficient (Wildman–Crippen LogP) is 6.10. The van der Waals surface area contributed by atoms with Crippen molar-refractivity contribution in [3.63, 3.8) is 0 Å². The Bertz CT molecular complexity index is 1060. The van der Waals surface area contributed by atoms with Gasteiger partial charge in [0.25, 0.3) is 11.8 Å². The molecule has 2 N–H and O–H groups in total. The van der Waals surface area contributed by atoms with Crippen LogP contribution in [0.25, 0.3) is 0 Å². The molecular weight excluding hydrogens is 412 g/mol. The number of ether oxygens (including phenoxy) is 1. The highest BCUT2D eigenvalue weighted by Crippen LogP contribution is 2.29. The number of nitrogens with one attached hydrogen (secondary N) is 2. The molecule has 5 heteroatoms. The zero-order valence-electron chi connectivity index (χ0n) is 19.7. The number of benzene rings is 3. The fourth-order valence-electron chi connectivity index (χ4n) is 3.51. The molecule has 3 aromatic rings. The number of amides is 2. The summed E-state index contributed by atoms with van der Waals surface area (Å²) in [6.45, 7) is 7.95. The molecule has 33 heavy (non-hydrogen) atoms. The molecule has 5 nitrogen and oxygen atoms in total. The lowest BCUT2D eigenvalue weighted by Crippen LogP contribution is -2.30. The lowest BCUT2D eigenvalue weighted by atomic mass is 9.98. The topological polar surface area (TPSA) is 67.4 Å². The van der Waals surface area contributed by atoms with Crippen molar-refractivity contribution < 1.29 is 14.3 Å². The molecule has 0 aliphatic heterocycles. The van der Waals surface area contributed by atoms with E-state index in [-0.39, 0.29) is 17.9 Å². The van der Waals surface area contributed by atoms with Gasteiger partial charge in [0.1, 0.15) is 5.75 Å². The zero-order chi connectivity index (χ0) is 23.8. The monoisotopic (exact) mass is 444 g/mol. The van der Waals surface area contributed by atoms with E-state index in [2.05, 4.69) is 24.5 Å². The molecule has 0 bridgehead atoms.